The highest BCUT2D eigenvalue weighted by atomic mass is 35.5. The summed E-state index contributed by atoms with van der Waals surface area (Å²) in [5.74, 6) is 0.554. The van der Waals surface area contributed by atoms with Gasteiger partial charge in [0.2, 0.25) is 0 Å². The molecular formula is C15H24ClN. The van der Waals surface area contributed by atoms with E-state index in [0.717, 1.165) is 11.6 Å². The number of halogens is 1. The van der Waals surface area contributed by atoms with Crippen molar-refractivity contribution in [3.05, 3.63) is 34.9 Å². The van der Waals surface area contributed by atoms with E-state index in [4.69, 9.17) is 11.6 Å². The molecule has 0 bridgehead atoms. The molecule has 1 nitrogen and oxygen atoms in total. The first kappa shape index (κ1) is 14.5. The van der Waals surface area contributed by atoms with Crippen LogP contribution in [0.25, 0.3) is 0 Å². The molecule has 0 amide bonds. The average molecular weight is 254 g/mol. The van der Waals surface area contributed by atoms with Crippen LogP contribution in [-0.2, 0) is 0 Å². The van der Waals surface area contributed by atoms with Gasteiger partial charge in [0, 0.05) is 17.1 Å². The van der Waals surface area contributed by atoms with Crippen LogP contribution in [0.1, 0.15) is 52.0 Å². The summed E-state index contributed by atoms with van der Waals surface area (Å²) < 4.78 is 0. The van der Waals surface area contributed by atoms with Gasteiger partial charge < -0.3 is 5.32 Å². The normalized spacial score (nSPS) is 13.7. The quantitative estimate of drug-likeness (QED) is 0.808. The molecule has 96 valence electrons. The van der Waals surface area contributed by atoms with Crippen molar-refractivity contribution in [1.29, 1.82) is 0 Å². The zero-order valence-corrected chi connectivity index (χ0v) is 12.1. The molecule has 1 N–H and O–H groups in total. The van der Waals surface area contributed by atoms with Gasteiger partial charge in [0.15, 0.2) is 0 Å². The number of benzene rings is 1. The summed E-state index contributed by atoms with van der Waals surface area (Å²) in [5, 5.41) is 4.41. The van der Waals surface area contributed by atoms with E-state index in [0.29, 0.717) is 5.92 Å². The summed E-state index contributed by atoms with van der Waals surface area (Å²) >= 11 is 6.06. The summed E-state index contributed by atoms with van der Waals surface area (Å²) in [7, 11) is 0. The van der Waals surface area contributed by atoms with Crippen molar-refractivity contribution in [1.82, 2.24) is 5.32 Å². The molecule has 0 fully saturated rings. The topological polar surface area (TPSA) is 12.0 Å². The van der Waals surface area contributed by atoms with E-state index in [2.05, 4.69) is 45.1 Å². The van der Waals surface area contributed by atoms with Gasteiger partial charge >= 0.3 is 0 Å². The lowest BCUT2D eigenvalue weighted by Crippen LogP contribution is -2.38. The Hall–Kier alpha value is -0.530. The summed E-state index contributed by atoms with van der Waals surface area (Å²) in [6.07, 6.45) is 2.40. The number of hydrogen-bond donors (Lipinski definition) is 1. The molecule has 0 spiro atoms. The highest BCUT2D eigenvalue weighted by Crippen LogP contribution is 2.24. The molecule has 1 aromatic carbocycles. The predicted octanol–water partition coefficient (Wildman–Crippen LogP) is 4.61. The van der Waals surface area contributed by atoms with E-state index >= 15 is 0 Å². The Morgan fingerprint density at radius 2 is 2.00 bits per heavy atom. The Bertz CT molecular complexity index is 341. The van der Waals surface area contributed by atoms with Gasteiger partial charge in [-0.2, -0.15) is 0 Å². The Kier molecular flexibility index (Phi) is 5.48. The van der Waals surface area contributed by atoms with E-state index < -0.39 is 0 Å². The van der Waals surface area contributed by atoms with Crippen LogP contribution in [0.5, 0.6) is 0 Å². The second-order valence-electron chi connectivity index (χ2n) is 5.67. The monoisotopic (exact) mass is 253 g/mol. The van der Waals surface area contributed by atoms with Crippen molar-refractivity contribution in [2.75, 3.05) is 6.54 Å². The fraction of sp³-hybridized carbons (Fsp3) is 0.600. The summed E-state index contributed by atoms with van der Waals surface area (Å²) in [5.41, 5.74) is 1.51. The first-order valence-corrected chi connectivity index (χ1v) is 6.80. The molecule has 1 aromatic rings. The van der Waals surface area contributed by atoms with Gasteiger partial charge in [0.05, 0.1) is 0 Å². The smallest absolute Gasteiger partial charge is 0.0408 e. The van der Waals surface area contributed by atoms with Crippen molar-refractivity contribution in [2.24, 2.45) is 0 Å². The lowest BCUT2D eigenvalue weighted by atomic mass is 9.93. The maximum atomic E-state index is 6.06. The summed E-state index contributed by atoms with van der Waals surface area (Å²) in [4.78, 5) is 0. The van der Waals surface area contributed by atoms with Crippen LogP contribution in [0.4, 0.5) is 0 Å². The molecule has 17 heavy (non-hydrogen) atoms. The molecule has 1 atom stereocenters. The van der Waals surface area contributed by atoms with E-state index in [1.165, 1.54) is 18.4 Å². The van der Waals surface area contributed by atoms with Crippen LogP contribution >= 0.6 is 11.6 Å². The minimum atomic E-state index is 0.171. The zero-order valence-electron chi connectivity index (χ0n) is 11.4. The van der Waals surface area contributed by atoms with Gasteiger partial charge in [-0.05, 0) is 50.8 Å². The second kappa shape index (κ2) is 6.42. The first-order chi connectivity index (χ1) is 7.92. The largest absolute Gasteiger partial charge is 0.311 e. The second-order valence-corrected chi connectivity index (χ2v) is 6.11. The first-order valence-electron chi connectivity index (χ1n) is 6.43. The van der Waals surface area contributed by atoms with Crippen molar-refractivity contribution < 1.29 is 0 Å². The standard InChI is InChI=1S/C15H24ClN/c1-5-7-13(11-17-15(2,3)4)12-8-6-9-14(16)10-12/h6,8-10,13,17H,5,7,11H2,1-4H3. The van der Waals surface area contributed by atoms with Crippen LogP contribution < -0.4 is 5.32 Å². The van der Waals surface area contributed by atoms with Crippen LogP contribution in [0.3, 0.4) is 0 Å². The maximum Gasteiger partial charge on any atom is 0.0408 e. The van der Waals surface area contributed by atoms with Gasteiger partial charge in [-0.25, -0.2) is 0 Å². The summed E-state index contributed by atoms with van der Waals surface area (Å²) in [6, 6.07) is 8.24. The zero-order chi connectivity index (χ0) is 12.9. The van der Waals surface area contributed by atoms with Crippen LogP contribution in [0.2, 0.25) is 5.02 Å². The third-order valence-corrected chi connectivity index (χ3v) is 3.07. The van der Waals surface area contributed by atoms with Crippen LogP contribution in [-0.4, -0.2) is 12.1 Å². The van der Waals surface area contributed by atoms with Crippen molar-refractivity contribution in [2.45, 2.75) is 52.0 Å². The van der Waals surface area contributed by atoms with Gasteiger partial charge in [-0.15, -0.1) is 0 Å². The lowest BCUT2D eigenvalue weighted by molar-refractivity contribution is 0.398. The maximum absolute atomic E-state index is 6.06. The predicted molar refractivity (Wildman–Crippen MR) is 76.9 cm³/mol. The molecule has 0 saturated heterocycles. The molecule has 0 aliphatic heterocycles. The molecule has 1 rings (SSSR count). The Morgan fingerprint density at radius 1 is 1.29 bits per heavy atom. The fourth-order valence-corrected chi connectivity index (χ4v) is 2.12. The Morgan fingerprint density at radius 3 is 2.53 bits per heavy atom. The lowest BCUT2D eigenvalue weighted by Gasteiger charge is -2.25. The van der Waals surface area contributed by atoms with Gasteiger partial charge in [0.1, 0.15) is 0 Å². The van der Waals surface area contributed by atoms with E-state index in [1.807, 2.05) is 12.1 Å². The van der Waals surface area contributed by atoms with Gasteiger partial charge in [-0.1, -0.05) is 37.1 Å². The molecule has 0 aliphatic rings. The van der Waals surface area contributed by atoms with Crippen molar-refractivity contribution in [3.8, 4) is 0 Å². The van der Waals surface area contributed by atoms with Gasteiger partial charge in [-0.3, -0.25) is 0 Å². The molecule has 2 heteroatoms. The third-order valence-electron chi connectivity index (χ3n) is 2.84. The van der Waals surface area contributed by atoms with E-state index in [1.54, 1.807) is 0 Å². The van der Waals surface area contributed by atoms with E-state index in [9.17, 15) is 0 Å². The number of nitrogens with one attached hydrogen (secondary N) is 1. The molecule has 0 heterocycles. The van der Waals surface area contributed by atoms with Crippen LogP contribution in [0, 0.1) is 0 Å². The molecule has 0 aliphatic carbocycles. The minimum Gasteiger partial charge on any atom is -0.311 e. The molecular weight excluding hydrogens is 230 g/mol. The SMILES string of the molecule is CCCC(CNC(C)(C)C)c1cccc(Cl)c1. The minimum absolute atomic E-state index is 0.171. The Labute approximate surface area is 111 Å². The summed E-state index contributed by atoms with van der Waals surface area (Å²) in [6.45, 7) is 9.85. The van der Waals surface area contributed by atoms with Crippen molar-refractivity contribution in [3.63, 3.8) is 0 Å². The van der Waals surface area contributed by atoms with Crippen molar-refractivity contribution >= 4 is 11.6 Å². The molecule has 0 saturated carbocycles. The highest BCUT2D eigenvalue weighted by molar-refractivity contribution is 6.30. The van der Waals surface area contributed by atoms with E-state index in [-0.39, 0.29) is 5.54 Å². The number of rotatable bonds is 5. The number of hydrogen-bond acceptors (Lipinski definition) is 1. The molecule has 0 aromatic heterocycles. The highest BCUT2D eigenvalue weighted by Gasteiger charge is 2.15. The van der Waals surface area contributed by atoms with Gasteiger partial charge in [0.25, 0.3) is 0 Å². The molecule has 0 radical (unpaired) electrons. The molecule has 1 unspecified atom stereocenters. The Balaban J connectivity index is 2.71. The fourth-order valence-electron chi connectivity index (χ4n) is 1.92. The van der Waals surface area contributed by atoms with Crippen LogP contribution in [0.15, 0.2) is 24.3 Å². The average Bonchev–Trinajstić information content (AvgIpc) is 2.23. The third kappa shape index (κ3) is 5.56.